The maximum atomic E-state index is 12.7. The summed E-state index contributed by atoms with van der Waals surface area (Å²) in [4.78, 5) is 14.6. The van der Waals surface area contributed by atoms with Crippen molar-refractivity contribution in [3.63, 3.8) is 0 Å². The van der Waals surface area contributed by atoms with Gasteiger partial charge in [0.25, 0.3) is 0 Å². The third kappa shape index (κ3) is 2.39. The van der Waals surface area contributed by atoms with Gasteiger partial charge in [-0.05, 0) is 24.7 Å². The molecule has 1 amide bonds. The Balaban J connectivity index is 2.12. The lowest BCUT2D eigenvalue weighted by atomic mass is 9.80. The summed E-state index contributed by atoms with van der Waals surface area (Å²) >= 11 is 0. The van der Waals surface area contributed by atoms with Gasteiger partial charge >= 0.3 is 0 Å². The number of carbonyl (C=O) groups is 1. The second-order valence-electron chi connectivity index (χ2n) is 6.27. The van der Waals surface area contributed by atoms with Gasteiger partial charge in [0.15, 0.2) is 0 Å². The molecule has 1 heterocycles. The average molecular weight is 248 g/mol. The van der Waals surface area contributed by atoms with Gasteiger partial charge in [-0.2, -0.15) is 5.26 Å². The Morgan fingerprint density at radius 3 is 2.06 bits per heavy atom. The van der Waals surface area contributed by atoms with E-state index in [0.29, 0.717) is 11.8 Å². The number of carbonyl (C=O) groups excluding carboxylic acids is 1. The van der Waals surface area contributed by atoms with E-state index in [-0.39, 0.29) is 5.91 Å². The molecule has 0 radical (unpaired) electrons. The standard InChI is InChI=1S/C15H24N2O/c1-12-9-17(10-13(12)2)14(18)15(11-16)7-5-3-4-6-8-15/h12-13H,3-10H2,1-2H3. The molecule has 2 atom stereocenters. The SMILES string of the molecule is CC1CN(C(=O)C2(C#N)CCCCCC2)CC1C. The van der Waals surface area contributed by atoms with E-state index < -0.39 is 5.41 Å². The quantitative estimate of drug-likeness (QED) is 0.670. The average Bonchev–Trinajstić information content (AvgIpc) is 2.59. The molecule has 3 heteroatoms. The third-order valence-electron chi connectivity index (χ3n) is 4.86. The first-order valence-electron chi connectivity index (χ1n) is 7.30. The van der Waals surface area contributed by atoms with Gasteiger partial charge in [-0.1, -0.05) is 39.5 Å². The van der Waals surface area contributed by atoms with Gasteiger partial charge in [0, 0.05) is 13.1 Å². The molecule has 2 fully saturated rings. The van der Waals surface area contributed by atoms with Gasteiger partial charge in [-0.3, -0.25) is 4.79 Å². The highest BCUT2D eigenvalue weighted by molar-refractivity contribution is 5.85. The van der Waals surface area contributed by atoms with Gasteiger partial charge < -0.3 is 4.90 Å². The van der Waals surface area contributed by atoms with Gasteiger partial charge in [0.2, 0.25) is 5.91 Å². The van der Waals surface area contributed by atoms with Crippen LogP contribution in [0.3, 0.4) is 0 Å². The Hall–Kier alpha value is -1.04. The Kier molecular flexibility index (Phi) is 3.94. The van der Waals surface area contributed by atoms with Crippen molar-refractivity contribution in [3.05, 3.63) is 0 Å². The maximum Gasteiger partial charge on any atom is 0.243 e. The smallest absolute Gasteiger partial charge is 0.243 e. The van der Waals surface area contributed by atoms with E-state index in [4.69, 9.17) is 0 Å². The summed E-state index contributed by atoms with van der Waals surface area (Å²) in [7, 11) is 0. The summed E-state index contributed by atoms with van der Waals surface area (Å²) < 4.78 is 0. The number of amides is 1. The number of nitriles is 1. The van der Waals surface area contributed by atoms with Gasteiger partial charge in [-0.25, -0.2) is 0 Å². The van der Waals surface area contributed by atoms with Crippen LogP contribution in [0.4, 0.5) is 0 Å². The molecule has 2 rings (SSSR count). The lowest BCUT2D eigenvalue weighted by molar-refractivity contribution is -0.138. The molecule has 100 valence electrons. The van der Waals surface area contributed by atoms with E-state index in [2.05, 4.69) is 19.9 Å². The molecule has 1 aliphatic carbocycles. The number of hydrogen-bond acceptors (Lipinski definition) is 2. The first kappa shape index (κ1) is 13.4. The summed E-state index contributed by atoms with van der Waals surface area (Å²) in [6.45, 7) is 6.07. The molecule has 0 aromatic heterocycles. The summed E-state index contributed by atoms with van der Waals surface area (Å²) in [6, 6.07) is 2.37. The predicted molar refractivity (Wildman–Crippen MR) is 70.7 cm³/mol. The zero-order valence-corrected chi connectivity index (χ0v) is 11.6. The van der Waals surface area contributed by atoms with Crippen LogP contribution in [0.15, 0.2) is 0 Å². The van der Waals surface area contributed by atoms with Crippen LogP contribution in [0, 0.1) is 28.6 Å². The summed E-state index contributed by atoms with van der Waals surface area (Å²) in [5.74, 6) is 1.24. The topological polar surface area (TPSA) is 44.1 Å². The minimum Gasteiger partial charge on any atom is -0.341 e. The molecular weight excluding hydrogens is 224 g/mol. The Bertz CT molecular complexity index is 340. The molecule has 1 saturated heterocycles. The first-order chi connectivity index (χ1) is 8.59. The molecule has 18 heavy (non-hydrogen) atoms. The van der Waals surface area contributed by atoms with E-state index in [1.54, 1.807) is 0 Å². The Morgan fingerprint density at radius 1 is 1.11 bits per heavy atom. The summed E-state index contributed by atoms with van der Waals surface area (Å²) in [5, 5.41) is 9.53. The van der Waals surface area contributed by atoms with E-state index in [0.717, 1.165) is 38.8 Å². The molecule has 1 saturated carbocycles. The van der Waals surface area contributed by atoms with E-state index >= 15 is 0 Å². The summed E-state index contributed by atoms with van der Waals surface area (Å²) in [5.41, 5.74) is -0.708. The van der Waals surface area contributed by atoms with Crippen LogP contribution in [-0.2, 0) is 4.79 Å². The van der Waals surface area contributed by atoms with E-state index in [9.17, 15) is 10.1 Å². The zero-order valence-electron chi connectivity index (χ0n) is 11.6. The van der Waals surface area contributed by atoms with Crippen LogP contribution in [-0.4, -0.2) is 23.9 Å². The van der Waals surface area contributed by atoms with Crippen LogP contribution >= 0.6 is 0 Å². The van der Waals surface area contributed by atoms with E-state index in [1.807, 2.05) is 4.90 Å². The van der Waals surface area contributed by atoms with E-state index in [1.165, 1.54) is 12.8 Å². The van der Waals surface area contributed by atoms with Crippen molar-refractivity contribution in [1.29, 1.82) is 5.26 Å². The van der Waals surface area contributed by atoms with Crippen LogP contribution in [0.2, 0.25) is 0 Å². The second-order valence-corrected chi connectivity index (χ2v) is 6.27. The van der Waals surface area contributed by atoms with Crippen molar-refractivity contribution in [2.75, 3.05) is 13.1 Å². The summed E-state index contributed by atoms with van der Waals surface area (Å²) in [6.07, 6.45) is 5.92. The van der Waals surface area contributed by atoms with Crippen molar-refractivity contribution in [2.24, 2.45) is 17.3 Å². The number of hydrogen-bond donors (Lipinski definition) is 0. The van der Waals surface area contributed by atoms with Crippen LogP contribution in [0.25, 0.3) is 0 Å². The molecule has 1 aliphatic heterocycles. The fraction of sp³-hybridized carbons (Fsp3) is 0.867. The minimum atomic E-state index is -0.708. The first-order valence-corrected chi connectivity index (χ1v) is 7.30. The fourth-order valence-corrected chi connectivity index (χ4v) is 3.30. The Morgan fingerprint density at radius 2 is 1.61 bits per heavy atom. The lowest BCUT2D eigenvalue weighted by Gasteiger charge is -2.29. The van der Waals surface area contributed by atoms with Gasteiger partial charge in [0.05, 0.1) is 6.07 Å². The predicted octanol–water partition coefficient (Wildman–Crippen LogP) is 2.96. The fourth-order valence-electron chi connectivity index (χ4n) is 3.30. The second kappa shape index (κ2) is 5.30. The van der Waals surface area contributed by atoms with Gasteiger partial charge in [-0.15, -0.1) is 0 Å². The maximum absolute atomic E-state index is 12.7. The Labute approximate surface area is 110 Å². The van der Waals surface area contributed by atoms with Crippen molar-refractivity contribution in [1.82, 2.24) is 4.90 Å². The highest BCUT2D eigenvalue weighted by Crippen LogP contribution is 2.38. The van der Waals surface area contributed by atoms with Crippen molar-refractivity contribution < 1.29 is 4.79 Å². The monoisotopic (exact) mass is 248 g/mol. The molecule has 2 aliphatic rings. The molecule has 0 bridgehead atoms. The van der Waals surface area contributed by atoms with Crippen molar-refractivity contribution in [2.45, 2.75) is 52.4 Å². The molecule has 0 aromatic carbocycles. The molecule has 0 aromatic rings. The molecule has 0 N–H and O–H groups in total. The molecule has 3 nitrogen and oxygen atoms in total. The highest BCUT2D eigenvalue weighted by Gasteiger charge is 2.44. The lowest BCUT2D eigenvalue weighted by Crippen LogP contribution is -2.42. The number of nitrogens with zero attached hydrogens (tertiary/aromatic N) is 2. The van der Waals surface area contributed by atoms with Crippen LogP contribution in [0.1, 0.15) is 52.4 Å². The van der Waals surface area contributed by atoms with Crippen molar-refractivity contribution in [3.8, 4) is 6.07 Å². The highest BCUT2D eigenvalue weighted by atomic mass is 16.2. The van der Waals surface area contributed by atoms with Crippen LogP contribution in [0.5, 0.6) is 0 Å². The molecule has 2 unspecified atom stereocenters. The molecule has 0 spiro atoms. The van der Waals surface area contributed by atoms with Crippen LogP contribution < -0.4 is 0 Å². The minimum absolute atomic E-state index is 0.114. The molecular formula is C15H24N2O. The third-order valence-corrected chi connectivity index (χ3v) is 4.86. The largest absolute Gasteiger partial charge is 0.341 e. The van der Waals surface area contributed by atoms with Crippen molar-refractivity contribution >= 4 is 5.91 Å². The number of rotatable bonds is 1. The number of likely N-dealkylation sites (tertiary alicyclic amines) is 1. The zero-order chi connectivity index (χ0) is 13.2. The van der Waals surface area contributed by atoms with Gasteiger partial charge in [0.1, 0.15) is 5.41 Å². The normalized spacial score (nSPS) is 31.7.